The van der Waals surface area contributed by atoms with Gasteiger partial charge in [-0.1, -0.05) is 25.0 Å². The Hall–Kier alpha value is -3.50. The van der Waals surface area contributed by atoms with E-state index in [1.165, 1.54) is 25.7 Å². The predicted molar refractivity (Wildman–Crippen MR) is 141 cm³/mol. The molecule has 1 saturated carbocycles. The molecule has 1 heterocycles. The van der Waals surface area contributed by atoms with E-state index in [9.17, 15) is 14.4 Å². The van der Waals surface area contributed by atoms with Crippen LogP contribution in [-0.4, -0.2) is 48.1 Å². The molecule has 0 aliphatic heterocycles. The molecule has 200 valence electrons. The van der Waals surface area contributed by atoms with Crippen molar-refractivity contribution in [1.29, 1.82) is 0 Å². The number of anilines is 2. The second-order valence-electron chi connectivity index (χ2n) is 9.58. The Morgan fingerprint density at radius 2 is 1.86 bits per heavy atom. The molecule has 2 amide bonds. The maximum absolute atomic E-state index is 13.4. The number of carbonyl (C=O) groups is 3. The summed E-state index contributed by atoms with van der Waals surface area (Å²) in [6.07, 6.45) is 6.41. The van der Waals surface area contributed by atoms with Gasteiger partial charge in [-0.05, 0) is 69.4 Å². The van der Waals surface area contributed by atoms with Crippen molar-refractivity contribution in [3.63, 3.8) is 0 Å². The topological polar surface area (TPSA) is 131 Å². The van der Waals surface area contributed by atoms with Crippen molar-refractivity contribution in [3.8, 4) is 0 Å². The molecule has 0 saturated heterocycles. The maximum Gasteiger partial charge on any atom is 0.325 e. The van der Waals surface area contributed by atoms with Gasteiger partial charge in [-0.2, -0.15) is 5.48 Å². The van der Waals surface area contributed by atoms with Crippen LogP contribution in [0.5, 0.6) is 0 Å². The lowest BCUT2D eigenvalue weighted by Gasteiger charge is -2.26. The molecular weight excluding hydrogens is 474 g/mol. The van der Waals surface area contributed by atoms with Gasteiger partial charge in [0, 0.05) is 24.0 Å². The van der Waals surface area contributed by atoms with Crippen molar-refractivity contribution in [1.82, 2.24) is 15.8 Å². The molecule has 10 heteroatoms. The summed E-state index contributed by atoms with van der Waals surface area (Å²) < 4.78 is 4.78. The van der Waals surface area contributed by atoms with Gasteiger partial charge in [0.05, 0.1) is 13.2 Å². The molecule has 37 heavy (non-hydrogen) atoms. The minimum atomic E-state index is -0.902. The third-order valence-corrected chi connectivity index (χ3v) is 6.11. The summed E-state index contributed by atoms with van der Waals surface area (Å²) in [5.41, 5.74) is 4.16. The van der Waals surface area contributed by atoms with Crippen LogP contribution in [0.25, 0.3) is 0 Å². The third kappa shape index (κ3) is 8.83. The van der Waals surface area contributed by atoms with Crippen LogP contribution in [0.4, 0.5) is 16.3 Å². The number of nitrogens with zero attached hydrogens (tertiary/aromatic N) is 1. The molecule has 1 aromatic carbocycles. The quantitative estimate of drug-likeness (QED) is 0.180. The summed E-state index contributed by atoms with van der Waals surface area (Å²) in [5, 5.41) is 8.33. The molecular formula is C27H37N5O5. The van der Waals surface area contributed by atoms with Gasteiger partial charge >= 0.3 is 12.0 Å². The molecule has 3 rings (SSSR count). The van der Waals surface area contributed by atoms with Crippen molar-refractivity contribution < 1.29 is 24.0 Å². The van der Waals surface area contributed by atoms with Crippen molar-refractivity contribution in [2.75, 3.05) is 30.4 Å². The highest BCUT2D eigenvalue weighted by atomic mass is 16.6. The van der Waals surface area contributed by atoms with Crippen molar-refractivity contribution in [3.05, 3.63) is 53.7 Å². The second kappa shape index (κ2) is 13.7. The SMILES string of the molecule is CCOC(=O)CNC(=O)Nc1cc(CNc2ccccc2C(=O)C(C)(C)NOCC2CCCC2)ccn1. The Morgan fingerprint density at radius 3 is 2.62 bits per heavy atom. The zero-order chi connectivity index (χ0) is 26.7. The number of aromatic nitrogens is 1. The van der Waals surface area contributed by atoms with Gasteiger partial charge in [0.25, 0.3) is 0 Å². The Labute approximate surface area is 217 Å². The highest BCUT2D eigenvalue weighted by Crippen LogP contribution is 2.25. The molecule has 1 aliphatic rings. The van der Waals surface area contributed by atoms with E-state index in [4.69, 9.17) is 9.57 Å². The standard InChI is InChI=1S/C27H37N5O5/c1-4-36-24(33)17-30-26(35)31-23-15-20(13-14-28-23)16-29-22-12-8-7-11-21(22)25(34)27(2,3)32-37-18-19-9-5-6-10-19/h7-8,11-15,19,29,32H,4-6,9-10,16-18H2,1-3H3,(H2,28,30,31,35). The number of carbonyl (C=O) groups excluding carboxylic acids is 3. The monoisotopic (exact) mass is 511 g/mol. The fraction of sp³-hybridized carbons (Fsp3) is 0.481. The maximum atomic E-state index is 13.4. The molecule has 1 aromatic heterocycles. The summed E-state index contributed by atoms with van der Waals surface area (Å²) in [6, 6.07) is 10.3. The number of hydroxylamine groups is 1. The number of para-hydroxylation sites is 1. The highest BCUT2D eigenvalue weighted by Gasteiger charge is 2.31. The number of ketones is 1. The lowest BCUT2D eigenvalue weighted by atomic mass is 9.93. The fourth-order valence-electron chi connectivity index (χ4n) is 4.11. The number of nitrogens with one attached hydrogen (secondary N) is 4. The van der Waals surface area contributed by atoms with Gasteiger partial charge < -0.3 is 20.2 Å². The van der Waals surface area contributed by atoms with E-state index >= 15 is 0 Å². The number of urea groups is 1. The summed E-state index contributed by atoms with van der Waals surface area (Å²) in [5.74, 6) is 0.276. The Balaban J connectivity index is 1.56. The Kier molecular flexibility index (Phi) is 10.4. The lowest BCUT2D eigenvalue weighted by Crippen LogP contribution is -2.47. The molecule has 0 radical (unpaired) electrons. The number of benzene rings is 1. The zero-order valence-electron chi connectivity index (χ0n) is 21.8. The smallest absolute Gasteiger partial charge is 0.325 e. The highest BCUT2D eigenvalue weighted by molar-refractivity contribution is 6.06. The lowest BCUT2D eigenvalue weighted by molar-refractivity contribution is -0.141. The van der Waals surface area contributed by atoms with Crippen LogP contribution < -0.4 is 21.4 Å². The van der Waals surface area contributed by atoms with E-state index in [0.717, 1.165) is 5.56 Å². The molecule has 4 N–H and O–H groups in total. The van der Waals surface area contributed by atoms with E-state index < -0.39 is 17.5 Å². The fourth-order valence-corrected chi connectivity index (χ4v) is 4.11. The molecule has 10 nitrogen and oxygen atoms in total. The number of Topliss-reactive ketones (excluding diaryl/α,β-unsaturated/α-hetero) is 1. The summed E-state index contributed by atoms with van der Waals surface area (Å²) >= 11 is 0. The number of ether oxygens (including phenoxy) is 1. The van der Waals surface area contributed by atoms with Crippen LogP contribution in [0.1, 0.15) is 62.4 Å². The van der Waals surface area contributed by atoms with Gasteiger partial charge in [0.15, 0.2) is 5.78 Å². The molecule has 0 bridgehead atoms. The Morgan fingerprint density at radius 1 is 1.11 bits per heavy atom. The van der Waals surface area contributed by atoms with Crippen molar-refractivity contribution in [2.24, 2.45) is 5.92 Å². The predicted octanol–water partition coefficient (Wildman–Crippen LogP) is 4.05. The van der Waals surface area contributed by atoms with Crippen LogP contribution >= 0.6 is 0 Å². The zero-order valence-corrected chi connectivity index (χ0v) is 21.8. The van der Waals surface area contributed by atoms with Crippen molar-refractivity contribution >= 4 is 29.3 Å². The largest absolute Gasteiger partial charge is 0.465 e. The summed E-state index contributed by atoms with van der Waals surface area (Å²) in [6.45, 7) is 6.34. The average molecular weight is 512 g/mol. The minimum Gasteiger partial charge on any atom is -0.465 e. The number of pyridine rings is 1. The second-order valence-corrected chi connectivity index (χ2v) is 9.58. The number of esters is 1. The normalized spacial score (nSPS) is 13.7. The van der Waals surface area contributed by atoms with E-state index in [-0.39, 0.29) is 18.9 Å². The van der Waals surface area contributed by atoms with Crippen LogP contribution in [0.15, 0.2) is 42.6 Å². The molecule has 0 unspecified atom stereocenters. The van der Waals surface area contributed by atoms with Crippen molar-refractivity contribution in [2.45, 2.75) is 58.5 Å². The van der Waals surface area contributed by atoms with Gasteiger partial charge in [0.2, 0.25) is 0 Å². The van der Waals surface area contributed by atoms with Crippen LogP contribution in [0.3, 0.4) is 0 Å². The summed E-state index contributed by atoms with van der Waals surface area (Å²) in [4.78, 5) is 46.7. The number of rotatable bonds is 13. The Bertz CT molecular complexity index is 1070. The van der Waals surface area contributed by atoms with E-state index in [1.54, 1.807) is 25.3 Å². The number of hydrogen-bond donors (Lipinski definition) is 4. The first-order chi connectivity index (χ1) is 17.8. The molecule has 2 aromatic rings. The van der Waals surface area contributed by atoms with E-state index in [1.807, 2.05) is 38.1 Å². The van der Waals surface area contributed by atoms with Gasteiger partial charge in [0.1, 0.15) is 17.9 Å². The van der Waals surface area contributed by atoms with E-state index in [2.05, 4.69) is 26.4 Å². The van der Waals surface area contributed by atoms with Gasteiger partial charge in [-0.3, -0.25) is 14.9 Å². The number of amides is 2. The summed E-state index contributed by atoms with van der Waals surface area (Å²) in [7, 11) is 0. The first-order valence-electron chi connectivity index (χ1n) is 12.7. The molecule has 0 spiro atoms. The minimum absolute atomic E-state index is 0.0858. The molecule has 0 atom stereocenters. The average Bonchev–Trinajstić information content (AvgIpc) is 3.40. The first-order valence-corrected chi connectivity index (χ1v) is 12.7. The van der Waals surface area contributed by atoms with Crippen LogP contribution in [0.2, 0.25) is 0 Å². The number of hydrogen-bond acceptors (Lipinski definition) is 8. The third-order valence-electron chi connectivity index (χ3n) is 6.11. The van der Waals surface area contributed by atoms with Crippen LogP contribution in [-0.2, 0) is 20.9 Å². The van der Waals surface area contributed by atoms with Gasteiger partial charge in [-0.25, -0.2) is 9.78 Å². The van der Waals surface area contributed by atoms with Gasteiger partial charge in [-0.15, -0.1) is 0 Å². The van der Waals surface area contributed by atoms with Crippen LogP contribution in [0, 0.1) is 5.92 Å². The van der Waals surface area contributed by atoms with E-state index in [0.29, 0.717) is 36.1 Å². The first kappa shape index (κ1) is 28.1. The molecule has 1 aliphatic carbocycles. The molecule has 1 fully saturated rings.